The van der Waals surface area contributed by atoms with Crippen LogP contribution in [0, 0.1) is 0 Å². The number of rotatable bonds is 3. The average Bonchev–Trinajstić information content (AvgIpc) is 2.22. The quantitative estimate of drug-likeness (QED) is 0.881. The van der Waals surface area contributed by atoms with E-state index in [2.05, 4.69) is 20.0 Å². The summed E-state index contributed by atoms with van der Waals surface area (Å²) in [6.07, 6.45) is -1.84. The van der Waals surface area contributed by atoms with Gasteiger partial charge in [-0.3, -0.25) is 4.74 Å². The molecule has 1 aliphatic rings. The molecule has 0 aliphatic heterocycles. The molecule has 1 aliphatic carbocycles. The zero-order valence-corrected chi connectivity index (χ0v) is 9.16. The first kappa shape index (κ1) is 12.3. The molecule has 0 amide bonds. The molecule has 1 aromatic heterocycles. The van der Waals surface area contributed by atoms with Crippen molar-refractivity contribution in [2.24, 2.45) is 0 Å². The van der Waals surface area contributed by atoms with Gasteiger partial charge in [0.2, 0.25) is 0 Å². The summed E-state index contributed by atoms with van der Waals surface area (Å²) in [7, 11) is 1.68. The van der Waals surface area contributed by atoms with Crippen molar-refractivity contribution in [2.75, 3.05) is 7.05 Å². The van der Waals surface area contributed by atoms with E-state index in [1.165, 1.54) is 0 Å². The van der Waals surface area contributed by atoms with Crippen LogP contribution in [0.1, 0.15) is 18.7 Å². The Morgan fingerprint density at radius 2 is 1.94 bits per heavy atom. The fourth-order valence-electron chi connectivity index (χ4n) is 2.03. The molecule has 0 unspecified atom stereocenters. The van der Waals surface area contributed by atoms with E-state index in [-0.39, 0.29) is 12.8 Å². The zero-order chi connectivity index (χ0) is 12.5. The molecule has 0 bridgehead atoms. The molecule has 0 atom stereocenters. The lowest BCUT2D eigenvalue weighted by atomic mass is 9.73. The number of hydrogen-bond donors (Lipinski definition) is 1. The standard InChI is InChI=1S/C10H12F3N3O/c1-14-9(8-15-3-2-4-16-8)5-7(6-9)17-10(11,12)13/h2-4,7,14H,5-6H2,1H3. The van der Waals surface area contributed by atoms with Crippen LogP contribution in [0.4, 0.5) is 13.2 Å². The molecule has 0 aromatic carbocycles. The summed E-state index contributed by atoms with van der Waals surface area (Å²) in [6, 6.07) is 1.66. The van der Waals surface area contributed by atoms with E-state index in [1.54, 1.807) is 25.5 Å². The Balaban J connectivity index is 2.03. The highest BCUT2D eigenvalue weighted by atomic mass is 19.4. The smallest absolute Gasteiger partial charge is 0.308 e. The SMILES string of the molecule is CNC1(c2ncccn2)CC(OC(F)(F)F)C1. The van der Waals surface area contributed by atoms with Gasteiger partial charge in [0.05, 0.1) is 11.6 Å². The second-order valence-corrected chi connectivity index (χ2v) is 4.00. The van der Waals surface area contributed by atoms with Gasteiger partial charge in [0.15, 0.2) is 0 Å². The van der Waals surface area contributed by atoms with E-state index in [0.29, 0.717) is 5.82 Å². The van der Waals surface area contributed by atoms with Gasteiger partial charge >= 0.3 is 6.36 Å². The maximum absolute atomic E-state index is 12.0. The lowest BCUT2D eigenvalue weighted by Crippen LogP contribution is -2.56. The minimum absolute atomic E-state index is 0.215. The maximum Gasteiger partial charge on any atom is 0.522 e. The highest BCUT2D eigenvalue weighted by Crippen LogP contribution is 2.43. The second kappa shape index (κ2) is 4.23. The summed E-state index contributed by atoms with van der Waals surface area (Å²) in [4.78, 5) is 8.13. The van der Waals surface area contributed by atoms with E-state index in [9.17, 15) is 13.2 Å². The fraction of sp³-hybridized carbons (Fsp3) is 0.600. The van der Waals surface area contributed by atoms with Crippen molar-refractivity contribution in [1.29, 1.82) is 0 Å². The summed E-state index contributed by atoms with van der Waals surface area (Å²) in [5.74, 6) is 0.504. The van der Waals surface area contributed by atoms with E-state index in [1.807, 2.05) is 0 Å². The van der Waals surface area contributed by atoms with Crippen LogP contribution in [-0.4, -0.2) is 29.5 Å². The Morgan fingerprint density at radius 3 is 2.41 bits per heavy atom. The van der Waals surface area contributed by atoms with Crippen molar-refractivity contribution in [3.05, 3.63) is 24.3 Å². The number of halogens is 3. The Kier molecular flexibility index (Phi) is 3.05. The van der Waals surface area contributed by atoms with Crippen LogP contribution < -0.4 is 5.32 Å². The molecular weight excluding hydrogens is 235 g/mol. The van der Waals surface area contributed by atoms with Crippen LogP contribution in [0.25, 0.3) is 0 Å². The second-order valence-electron chi connectivity index (χ2n) is 4.00. The predicted molar refractivity (Wildman–Crippen MR) is 52.9 cm³/mol. The minimum atomic E-state index is -4.58. The van der Waals surface area contributed by atoms with E-state index >= 15 is 0 Å². The first-order valence-electron chi connectivity index (χ1n) is 5.16. The molecule has 1 fully saturated rings. The Hall–Kier alpha value is -1.21. The first-order valence-corrected chi connectivity index (χ1v) is 5.16. The topological polar surface area (TPSA) is 47.0 Å². The molecule has 7 heteroatoms. The van der Waals surface area contributed by atoms with E-state index in [4.69, 9.17) is 0 Å². The molecule has 0 spiro atoms. The molecule has 1 aromatic rings. The molecular formula is C10H12F3N3O. The molecule has 4 nitrogen and oxygen atoms in total. The van der Waals surface area contributed by atoms with E-state index in [0.717, 1.165) is 0 Å². The van der Waals surface area contributed by atoms with Gasteiger partial charge in [0.1, 0.15) is 5.82 Å². The maximum atomic E-state index is 12.0. The summed E-state index contributed by atoms with van der Waals surface area (Å²) in [6.45, 7) is 0. The molecule has 0 saturated heterocycles. The van der Waals surface area contributed by atoms with Crippen LogP contribution in [0.15, 0.2) is 18.5 Å². The number of nitrogens with zero attached hydrogens (tertiary/aromatic N) is 2. The van der Waals surface area contributed by atoms with Crippen molar-refractivity contribution in [3.63, 3.8) is 0 Å². The van der Waals surface area contributed by atoms with Gasteiger partial charge < -0.3 is 5.32 Å². The van der Waals surface area contributed by atoms with Crippen molar-refractivity contribution in [1.82, 2.24) is 15.3 Å². The summed E-state index contributed by atoms with van der Waals surface area (Å²) in [5.41, 5.74) is -0.600. The lowest BCUT2D eigenvalue weighted by molar-refractivity contribution is -0.356. The van der Waals surface area contributed by atoms with Crippen LogP contribution in [0.3, 0.4) is 0 Å². The van der Waals surface area contributed by atoms with Crippen LogP contribution in [-0.2, 0) is 10.3 Å². The number of aromatic nitrogens is 2. The average molecular weight is 247 g/mol. The van der Waals surface area contributed by atoms with Gasteiger partial charge in [-0.15, -0.1) is 13.2 Å². The minimum Gasteiger partial charge on any atom is -0.308 e. The zero-order valence-electron chi connectivity index (χ0n) is 9.16. The summed E-state index contributed by atoms with van der Waals surface area (Å²) in [5, 5.41) is 2.97. The normalized spacial score (nSPS) is 28.8. The summed E-state index contributed by atoms with van der Waals surface area (Å²) >= 11 is 0. The fourth-order valence-corrected chi connectivity index (χ4v) is 2.03. The third kappa shape index (κ3) is 2.55. The lowest BCUT2D eigenvalue weighted by Gasteiger charge is -2.45. The van der Waals surface area contributed by atoms with Crippen molar-refractivity contribution in [2.45, 2.75) is 30.8 Å². The molecule has 0 radical (unpaired) electrons. The largest absolute Gasteiger partial charge is 0.522 e. The molecule has 94 valence electrons. The van der Waals surface area contributed by atoms with E-state index < -0.39 is 18.0 Å². The molecule has 1 saturated carbocycles. The van der Waals surface area contributed by atoms with Gasteiger partial charge in [-0.25, -0.2) is 9.97 Å². The molecule has 1 heterocycles. The Bertz CT molecular complexity index is 376. The number of alkyl halides is 3. The third-order valence-corrected chi connectivity index (χ3v) is 2.92. The van der Waals surface area contributed by atoms with Gasteiger partial charge in [0.25, 0.3) is 0 Å². The van der Waals surface area contributed by atoms with Gasteiger partial charge in [0, 0.05) is 12.4 Å². The first-order chi connectivity index (χ1) is 7.95. The van der Waals surface area contributed by atoms with Gasteiger partial charge in [-0.1, -0.05) is 0 Å². The molecule has 1 N–H and O–H groups in total. The van der Waals surface area contributed by atoms with Crippen molar-refractivity contribution in [3.8, 4) is 0 Å². The number of nitrogens with one attached hydrogen (secondary N) is 1. The van der Waals surface area contributed by atoms with Crippen molar-refractivity contribution >= 4 is 0 Å². The highest BCUT2D eigenvalue weighted by Gasteiger charge is 2.51. The number of hydrogen-bond acceptors (Lipinski definition) is 4. The molecule has 17 heavy (non-hydrogen) atoms. The van der Waals surface area contributed by atoms with Gasteiger partial charge in [-0.05, 0) is 26.0 Å². The number of ether oxygens (including phenoxy) is 1. The van der Waals surface area contributed by atoms with Gasteiger partial charge in [-0.2, -0.15) is 0 Å². The monoisotopic (exact) mass is 247 g/mol. The molecule has 2 rings (SSSR count). The third-order valence-electron chi connectivity index (χ3n) is 2.92. The van der Waals surface area contributed by atoms with Crippen molar-refractivity contribution < 1.29 is 17.9 Å². The van der Waals surface area contributed by atoms with Crippen LogP contribution in [0.2, 0.25) is 0 Å². The van der Waals surface area contributed by atoms with Crippen LogP contribution in [0.5, 0.6) is 0 Å². The Labute approximate surface area is 96.2 Å². The Morgan fingerprint density at radius 1 is 1.35 bits per heavy atom. The summed E-state index contributed by atoms with van der Waals surface area (Å²) < 4.78 is 40.0. The van der Waals surface area contributed by atoms with Crippen LogP contribution >= 0.6 is 0 Å². The highest BCUT2D eigenvalue weighted by molar-refractivity contribution is 5.14. The predicted octanol–water partition coefficient (Wildman–Crippen LogP) is 1.59.